The van der Waals surface area contributed by atoms with Crippen LogP contribution in [0.1, 0.15) is 38.2 Å². The molecule has 24 heavy (non-hydrogen) atoms. The fourth-order valence-electron chi connectivity index (χ4n) is 2.86. The average Bonchev–Trinajstić information content (AvgIpc) is 2.63. The molecule has 0 spiro atoms. The van der Waals surface area contributed by atoms with Crippen LogP contribution in [0.3, 0.4) is 0 Å². The Balaban J connectivity index is 1.69. The summed E-state index contributed by atoms with van der Waals surface area (Å²) in [5, 5.41) is 3.05. The Kier molecular flexibility index (Phi) is 7.34. The Labute approximate surface area is 145 Å². The summed E-state index contributed by atoms with van der Waals surface area (Å²) in [6.45, 7) is 6.91. The van der Waals surface area contributed by atoms with Gasteiger partial charge in [0.15, 0.2) is 0 Å². The second kappa shape index (κ2) is 9.76. The van der Waals surface area contributed by atoms with Crippen LogP contribution in [0.4, 0.5) is 5.69 Å². The van der Waals surface area contributed by atoms with E-state index in [4.69, 9.17) is 0 Å². The fraction of sp³-hybridized carbons (Fsp3) is 0.381. The molecule has 1 amide bonds. The first kappa shape index (κ1) is 18.1. The van der Waals surface area contributed by atoms with Gasteiger partial charge in [0.1, 0.15) is 0 Å². The van der Waals surface area contributed by atoms with Crippen LogP contribution in [0.2, 0.25) is 0 Å². The van der Waals surface area contributed by atoms with Crippen LogP contribution in [0.5, 0.6) is 0 Å². The molecule has 2 rings (SSSR count). The second-order valence-corrected chi connectivity index (χ2v) is 6.13. The van der Waals surface area contributed by atoms with Crippen LogP contribution in [0.25, 0.3) is 0 Å². The maximum absolute atomic E-state index is 12.1. The fourth-order valence-corrected chi connectivity index (χ4v) is 2.86. The summed E-state index contributed by atoms with van der Waals surface area (Å²) < 4.78 is 0. The molecule has 1 unspecified atom stereocenters. The summed E-state index contributed by atoms with van der Waals surface area (Å²) in [5.74, 6) is 0.386. The number of hydrogen-bond acceptors (Lipinski definition) is 2. The molecule has 0 aliphatic heterocycles. The molecule has 1 atom stereocenters. The van der Waals surface area contributed by atoms with Gasteiger partial charge in [-0.15, -0.1) is 0 Å². The van der Waals surface area contributed by atoms with E-state index in [-0.39, 0.29) is 11.8 Å². The molecule has 0 saturated heterocycles. The van der Waals surface area contributed by atoms with Crippen LogP contribution in [-0.2, 0) is 4.79 Å². The van der Waals surface area contributed by atoms with E-state index in [9.17, 15) is 4.79 Å². The summed E-state index contributed by atoms with van der Waals surface area (Å²) in [7, 11) is 0. The van der Waals surface area contributed by atoms with Crippen molar-refractivity contribution in [3.05, 3.63) is 66.2 Å². The predicted octanol–water partition coefficient (Wildman–Crippen LogP) is 4.21. The highest BCUT2D eigenvalue weighted by Crippen LogP contribution is 2.18. The van der Waals surface area contributed by atoms with E-state index < -0.39 is 0 Å². The maximum Gasteiger partial charge on any atom is 0.220 e. The largest absolute Gasteiger partial charge is 0.372 e. The zero-order valence-electron chi connectivity index (χ0n) is 14.7. The third-order valence-electron chi connectivity index (χ3n) is 4.29. The summed E-state index contributed by atoms with van der Waals surface area (Å²) in [6.07, 6.45) is 1.49. The molecule has 128 valence electrons. The van der Waals surface area contributed by atoms with Gasteiger partial charge in [-0.2, -0.15) is 0 Å². The van der Waals surface area contributed by atoms with Gasteiger partial charge in [0.25, 0.3) is 0 Å². The lowest BCUT2D eigenvalue weighted by molar-refractivity contribution is -0.121. The van der Waals surface area contributed by atoms with Crippen molar-refractivity contribution in [2.24, 2.45) is 0 Å². The van der Waals surface area contributed by atoms with Crippen molar-refractivity contribution in [3.8, 4) is 0 Å². The van der Waals surface area contributed by atoms with Crippen LogP contribution in [-0.4, -0.2) is 25.5 Å². The summed E-state index contributed by atoms with van der Waals surface area (Å²) in [4.78, 5) is 14.4. The number of benzene rings is 2. The number of nitrogens with zero attached hydrogens (tertiary/aromatic N) is 1. The van der Waals surface area contributed by atoms with Crippen molar-refractivity contribution in [1.29, 1.82) is 0 Å². The predicted molar refractivity (Wildman–Crippen MR) is 101 cm³/mol. The lowest BCUT2D eigenvalue weighted by Crippen LogP contribution is -2.30. The minimum absolute atomic E-state index is 0.133. The molecule has 0 aliphatic rings. The number of carbonyl (C=O) groups excluding carboxylic acids is 1. The third-order valence-corrected chi connectivity index (χ3v) is 4.29. The Morgan fingerprint density at radius 2 is 1.67 bits per heavy atom. The van der Waals surface area contributed by atoms with Gasteiger partial charge in [-0.1, -0.05) is 55.5 Å². The molecule has 0 heterocycles. The van der Waals surface area contributed by atoms with Gasteiger partial charge in [-0.3, -0.25) is 4.79 Å². The van der Waals surface area contributed by atoms with E-state index in [0.29, 0.717) is 6.42 Å². The molecule has 3 nitrogen and oxygen atoms in total. The summed E-state index contributed by atoms with van der Waals surface area (Å²) in [6, 6.07) is 20.6. The molecule has 2 aromatic rings. The Morgan fingerprint density at radius 3 is 2.29 bits per heavy atom. The molecule has 0 bridgehead atoms. The van der Waals surface area contributed by atoms with E-state index in [2.05, 4.69) is 60.5 Å². The van der Waals surface area contributed by atoms with Gasteiger partial charge in [-0.25, -0.2) is 0 Å². The van der Waals surface area contributed by atoms with E-state index in [1.54, 1.807) is 0 Å². The Hall–Kier alpha value is -2.29. The van der Waals surface area contributed by atoms with Crippen molar-refractivity contribution in [1.82, 2.24) is 5.32 Å². The number of para-hydroxylation sites is 1. The smallest absolute Gasteiger partial charge is 0.220 e. The quantitative estimate of drug-likeness (QED) is 0.701. The Morgan fingerprint density at radius 1 is 1.04 bits per heavy atom. The number of anilines is 1. The van der Waals surface area contributed by atoms with Crippen LogP contribution < -0.4 is 10.2 Å². The highest BCUT2D eigenvalue weighted by molar-refractivity contribution is 5.76. The third kappa shape index (κ3) is 5.73. The van der Waals surface area contributed by atoms with E-state index in [1.807, 2.05) is 24.3 Å². The highest BCUT2D eigenvalue weighted by atomic mass is 16.1. The number of amides is 1. The van der Waals surface area contributed by atoms with Crippen LogP contribution in [0, 0.1) is 0 Å². The maximum atomic E-state index is 12.1. The average molecular weight is 324 g/mol. The van der Waals surface area contributed by atoms with Gasteiger partial charge in [0, 0.05) is 31.7 Å². The first-order valence-electron chi connectivity index (χ1n) is 8.82. The molecule has 3 heteroatoms. The lowest BCUT2D eigenvalue weighted by atomic mass is 9.97. The summed E-state index contributed by atoms with van der Waals surface area (Å²) >= 11 is 0. The van der Waals surface area contributed by atoms with Crippen molar-refractivity contribution >= 4 is 11.6 Å². The number of carbonyl (C=O) groups is 1. The molecule has 2 aromatic carbocycles. The second-order valence-electron chi connectivity index (χ2n) is 6.13. The van der Waals surface area contributed by atoms with Gasteiger partial charge in [-0.05, 0) is 37.0 Å². The number of rotatable bonds is 9. The minimum atomic E-state index is 0.133. The lowest BCUT2D eigenvalue weighted by Gasteiger charge is -2.23. The van der Waals surface area contributed by atoms with Gasteiger partial charge >= 0.3 is 0 Å². The van der Waals surface area contributed by atoms with Gasteiger partial charge in [0.2, 0.25) is 5.91 Å². The molecular weight excluding hydrogens is 296 g/mol. The van der Waals surface area contributed by atoms with Gasteiger partial charge in [0.05, 0.1) is 0 Å². The first-order valence-corrected chi connectivity index (χ1v) is 8.82. The highest BCUT2D eigenvalue weighted by Gasteiger charge is 2.10. The van der Waals surface area contributed by atoms with E-state index >= 15 is 0 Å². The van der Waals surface area contributed by atoms with Crippen molar-refractivity contribution < 1.29 is 4.79 Å². The molecule has 1 N–H and O–H groups in total. The minimum Gasteiger partial charge on any atom is -0.372 e. The van der Waals surface area contributed by atoms with Crippen LogP contribution in [0.15, 0.2) is 60.7 Å². The van der Waals surface area contributed by atoms with Crippen molar-refractivity contribution in [3.63, 3.8) is 0 Å². The van der Waals surface area contributed by atoms with Crippen molar-refractivity contribution in [2.75, 3.05) is 24.5 Å². The first-order chi connectivity index (χ1) is 11.7. The molecule has 0 saturated carbocycles. The molecule has 0 aromatic heterocycles. The van der Waals surface area contributed by atoms with Crippen LogP contribution >= 0.6 is 0 Å². The topological polar surface area (TPSA) is 32.3 Å². The summed E-state index contributed by atoms with van der Waals surface area (Å²) in [5.41, 5.74) is 2.46. The Bertz CT molecular complexity index is 598. The van der Waals surface area contributed by atoms with Gasteiger partial charge < -0.3 is 10.2 Å². The molecular formula is C21H28N2O. The van der Waals surface area contributed by atoms with E-state index in [0.717, 1.165) is 26.1 Å². The number of nitrogens with one attached hydrogen (secondary N) is 1. The normalized spacial score (nSPS) is 11.8. The standard InChI is InChI=1S/C21H28N2O/c1-3-23(20-13-8-5-9-14-20)16-10-15-22-21(24)17-18(2)19-11-6-4-7-12-19/h4-9,11-14,18H,3,10,15-17H2,1-2H3,(H,22,24). The SMILES string of the molecule is CCN(CCCNC(=O)CC(C)c1ccccc1)c1ccccc1. The van der Waals surface area contributed by atoms with Crippen molar-refractivity contribution in [2.45, 2.75) is 32.6 Å². The molecule has 0 fully saturated rings. The zero-order chi connectivity index (χ0) is 17.2. The molecule has 0 aliphatic carbocycles. The van der Waals surface area contributed by atoms with E-state index in [1.165, 1.54) is 11.3 Å². The number of hydrogen-bond donors (Lipinski definition) is 1. The molecule has 0 radical (unpaired) electrons. The monoisotopic (exact) mass is 324 g/mol. The zero-order valence-corrected chi connectivity index (χ0v) is 14.7.